The molecule has 4 nitrogen and oxygen atoms in total. The second kappa shape index (κ2) is 9.77. The third kappa shape index (κ3) is 5.55. The van der Waals surface area contributed by atoms with Crippen LogP contribution in [0.25, 0.3) is 5.57 Å². The largest absolute Gasteiger partial charge is 0.463 e. The molecule has 4 heteroatoms. The van der Waals surface area contributed by atoms with Crippen LogP contribution in [0, 0.1) is 0 Å². The van der Waals surface area contributed by atoms with Crippen molar-refractivity contribution in [3.05, 3.63) is 76.9 Å². The minimum Gasteiger partial charge on any atom is -0.463 e. The summed E-state index contributed by atoms with van der Waals surface area (Å²) in [6, 6.07) is 15.9. The number of rotatable bonds is 8. The number of hydrogen-bond donors (Lipinski definition) is 0. The fourth-order valence-corrected chi connectivity index (χ4v) is 2.53. The summed E-state index contributed by atoms with van der Waals surface area (Å²) in [5.41, 5.74) is 4.89. The van der Waals surface area contributed by atoms with Crippen molar-refractivity contribution in [2.45, 2.75) is 20.1 Å². The fourth-order valence-electron chi connectivity index (χ4n) is 2.53. The number of ether oxygens (including phenoxy) is 3. The van der Waals surface area contributed by atoms with E-state index in [-0.39, 0.29) is 5.97 Å². The summed E-state index contributed by atoms with van der Waals surface area (Å²) in [4.78, 5) is 12.0. The quantitative estimate of drug-likeness (QED) is 0.539. The Morgan fingerprint density at radius 1 is 0.840 bits per heavy atom. The molecule has 0 unspecified atom stereocenters. The first-order valence-electron chi connectivity index (χ1n) is 8.23. The van der Waals surface area contributed by atoms with Gasteiger partial charge in [-0.25, -0.2) is 4.79 Å². The van der Waals surface area contributed by atoms with Gasteiger partial charge in [-0.3, -0.25) is 0 Å². The molecule has 0 fully saturated rings. The van der Waals surface area contributed by atoms with Crippen LogP contribution in [0.4, 0.5) is 0 Å². The Balaban J connectivity index is 2.37. The molecule has 0 aliphatic rings. The van der Waals surface area contributed by atoms with E-state index < -0.39 is 0 Å². The normalized spacial score (nSPS) is 10.4. The molecule has 0 saturated carbocycles. The molecule has 0 aromatic heterocycles. The predicted molar refractivity (Wildman–Crippen MR) is 98.0 cm³/mol. The Hall–Kier alpha value is -2.43. The van der Waals surface area contributed by atoms with Crippen LogP contribution in [0.5, 0.6) is 0 Å². The van der Waals surface area contributed by atoms with Gasteiger partial charge >= 0.3 is 5.97 Å². The zero-order valence-corrected chi connectivity index (χ0v) is 15.0. The van der Waals surface area contributed by atoms with Crippen LogP contribution in [0.15, 0.2) is 54.6 Å². The van der Waals surface area contributed by atoms with Gasteiger partial charge in [-0.1, -0.05) is 48.5 Å². The minimum atomic E-state index is -0.348. The molecule has 0 aliphatic carbocycles. The number of benzene rings is 2. The molecule has 0 radical (unpaired) electrons. The molecule has 0 saturated heterocycles. The fraction of sp³-hybridized carbons (Fsp3) is 0.286. The topological polar surface area (TPSA) is 44.8 Å². The van der Waals surface area contributed by atoms with E-state index in [1.165, 1.54) is 0 Å². The molecule has 0 amide bonds. The average Bonchev–Trinajstić information content (AvgIpc) is 2.62. The summed E-state index contributed by atoms with van der Waals surface area (Å²) in [5, 5.41) is 0. The molecule has 0 spiro atoms. The Morgan fingerprint density at radius 3 is 1.64 bits per heavy atom. The van der Waals surface area contributed by atoms with Crippen LogP contribution in [0.3, 0.4) is 0 Å². The van der Waals surface area contributed by atoms with Crippen molar-refractivity contribution in [2.75, 3.05) is 20.8 Å². The maximum atomic E-state index is 12.0. The highest BCUT2D eigenvalue weighted by Crippen LogP contribution is 2.25. The Kier molecular flexibility index (Phi) is 7.38. The van der Waals surface area contributed by atoms with Crippen molar-refractivity contribution in [3.8, 4) is 0 Å². The lowest BCUT2D eigenvalue weighted by molar-refractivity contribution is -0.137. The van der Waals surface area contributed by atoms with Gasteiger partial charge in [-0.15, -0.1) is 0 Å². The van der Waals surface area contributed by atoms with Crippen LogP contribution < -0.4 is 0 Å². The summed E-state index contributed by atoms with van der Waals surface area (Å²) in [6.07, 6.45) is 1.54. The van der Waals surface area contributed by atoms with Crippen molar-refractivity contribution in [1.82, 2.24) is 0 Å². The third-order valence-corrected chi connectivity index (χ3v) is 3.70. The molecule has 0 N–H and O–H groups in total. The van der Waals surface area contributed by atoms with E-state index in [2.05, 4.69) is 0 Å². The first kappa shape index (κ1) is 18.9. The molecule has 2 aromatic rings. The third-order valence-electron chi connectivity index (χ3n) is 3.70. The zero-order valence-electron chi connectivity index (χ0n) is 15.0. The van der Waals surface area contributed by atoms with Gasteiger partial charge in [0, 0.05) is 20.3 Å². The van der Waals surface area contributed by atoms with Gasteiger partial charge in [-0.05, 0) is 34.8 Å². The van der Waals surface area contributed by atoms with Crippen LogP contribution in [0.1, 0.15) is 29.2 Å². The SMILES string of the molecule is CCOC(=O)C=C(c1ccc(COC)cc1)c1ccc(COC)cc1. The molecule has 2 rings (SSSR count). The standard InChI is InChI=1S/C21H24O4/c1-4-25-21(22)13-20(18-9-5-16(6-10-18)14-23-2)19-11-7-17(8-12-19)15-24-3/h5-13H,4,14-15H2,1-3H3. The van der Waals surface area contributed by atoms with Gasteiger partial charge < -0.3 is 14.2 Å². The molecular formula is C21H24O4. The van der Waals surface area contributed by atoms with Crippen molar-refractivity contribution >= 4 is 11.5 Å². The number of methoxy groups -OCH3 is 2. The van der Waals surface area contributed by atoms with Gasteiger partial charge in [0.25, 0.3) is 0 Å². The Bertz CT molecular complexity index is 648. The molecule has 2 aromatic carbocycles. The van der Waals surface area contributed by atoms with E-state index in [4.69, 9.17) is 14.2 Å². The number of carbonyl (C=O) groups excluding carboxylic acids is 1. The van der Waals surface area contributed by atoms with Gasteiger partial charge in [-0.2, -0.15) is 0 Å². The summed E-state index contributed by atoms with van der Waals surface area (Å²) in [6.45, 7) is 3.26. The molecule has 0 aliphatic heterocycles. The first-order valence-corrected chi connectivity index (χ1v) is 8.23. The monoisotopic (exact) mass is 340 g/mol. The maximum absolute atomic E-state index is 12.0. The minimum absolute atomic E-state index is 0.348. The summed E-state index contributed by atoms with van der Waals surface area (Å²) < 4.78 is 15.4. The molecular weight excluding hydrogens is 316 g/mol. The van der Waals surface area contributed by atoms with Gasteiger partial charge in [0.15, 0.2) is 0 Å². The van der Waals surface area contributed by atoms with Crippen LogP contribution in [-0.2, 0) is 32.2 Å². The van der Waals surface area contributed by atoms with Crippen LogP contribution in [-0.4, -0.2) is 26.8 Å². The van der Waals surface area contributed by atoms with E-state index in [9.17, 15) is 4.79 Å². The first-order chi connectivity index (χ1) is 12.2. The Morgan fingerprint density at radius 2 is 1.28 bits per heavy atom. The lowest BCUT2D eigenvalue weighted by Crippen LogP contribution is -2.02. The van der Waals surface area contributed by atoms with Gasteiger partial charge in [0.1, 0.15) is 0 Å². The Labute approximate surface area is 149 Å². The number of esters is 1. The highest BCUT2D eigenvalue weighted by Gasteiger charge is 2.09. The van der Waals surface area contributed by atoms with Gasteiger partial charge in [0.2, 0.25) is 0 Å². The average molecular weight is 340 g/mol. The van der Waals surface area contributed by atoms with Crippen LogP contribution in [0.2, 0.25) is 0 Å². The lowest BCUT2D eigenvalue weighted by Gasteiger charge is -2.11. The zero-order chi connectivity index (χ0) is 18.1. The van der Waals surface area contributed by atoms with E-state index in [0.717, 1.165) is 27.8 Å². The number of carbonyl (C=O) groups is 1. The molecule has 25 heavy (non-hydrogen) atoms. The van der Waals surface area contributed by atoms with Crippen molar-refractivity contribution < 1.29 is 19.0 Å². The second-order valence-electron chi connectivity index (χ2n) is 5.57. The maximum Gasteiger partial charge on any atom is 0.331 e. The highest BCUT2D eigenvalue weighted by molar-refractivity contribution is 5.96. The summed E-state index contributed by atoms with van der Waals surface area (Å²) >= 11 is 0. The lowest BCUT2D eigenvalue weighted by atomic mass is 9.96. The van der Waals surface area contributed by atoms with Crippen molar-refractivity contribution in [1.29, 1.82) is 0 Å². The number of hydrogen-bond acceptors (Lipinski definition) is 4. The molecule has 132 valence electrons. The van der Waals surface area contributed by atoms with Gasteiger partial charge in [0.05, 0.1) is 19.8 Å². The summed E-state index contributed by atoms with van der Waals surface area (Å²) in [7, 11) is 3.34. The predicted octanol–water partition coefficient (Wildman–Crippen LogP) is 3.97. The molecule has 0 bridgehead atoms. The van der Waals surface area contributed by atoms with Crippen molar-refractivity contribution in [2.24, 2.45) is 0 Å². The van der Waals surface area contributed by atoms with Crippen molar-refractivity contribution in [3.63, 3.8) is 0 Å². The van der Waals surface area contributed by atoms with E-state index >= 15 is 0 Å². The molecule has 0 heterocycles. The summed E-state index contributed by atoms with van der Waals surface area (Å²) in [5.74, 6) is -0.348. The smallest absolute Gasteiger partial charge is 0.331 e. The van der Waals surface area contributed by atoms with E-state index in [1.807, 2.05) is 48.5 Å². The van der Waals surface area contributed by atoms with E-state index in [0.29, 0.717) is 19.8 Å². The van der Waals surface area contributed by atoms with E-state index in [1.54, 1.807) is 27.2 Å². The second-order valence-corrected chi connectivity index (χ2v) is 5.57. The van der Waals surface area contributed by atoms with Crippen LogP contribution >= 0.6 is 0 Å². The highest BCUT2D eigenvalue weighted by atomic mass is 16.5. The molecule has 0 atom stereocenters.